The molecule has 2 heterocycles. The molecule has 31 heavy (non-hydrogen) atoms. The molecule has 9 nitrogen and oxygen atoms in total. The van der Waals surface area contributed by atoms with E-state index in [0.717, 1.165) is 22.8 Å². The van der Waals surface area contributed by atoms with Crippen LogP contribution in [0.3, 0.4) is 0 Å². The maximum absolute atomic E-state index is 12.8. The summed E-state index contributed by atoms with van der Waals surface area (Å²) in [6, 6.07) is 15.6. The number of methoxy groups -OCH3 is 1. The second kappa shape index (κ2) is 8.78. The molecule has 1 saturated heterocycles. The lowest BCUT2D eigenvalue weighted by atomic mass is 10.1. The third kappa shape index (κ3) is 4.30. The van der Waals surface area contributed by atoms with Gasteiger partial charge in [-0.3, -0.25) is 14.9 Å². The van der Waals surface area contributed by atoms with Crippen LogP contribution in [0.5, 0.6) is 5.75 Å². The summed E-state index contributed by atoms with van der Waals surface area (Å²) < 4.78 is 5.20. The summed E-state index contributed by atoms with van der Waals surface area (Å²) in [6.45, 7) is 2.05. The molecule has 2 aromatic carbocycles. The Balaban J connectivity index is 1.45. The van der Waals surface area contributed by atoms with Crippen molar-refractivity contribution in [3.8, 4) is 17.0 Å². The molecule has 0 atom stereocenters. The zero-order chi connectivity index (χ0) is 21.8. The van der Waals surface area contributed by atoms with E-state index in [1.54, 1.807) is 24.1 Å². The van der Waals surface area contributed by atoms with Crippen molar-refractivity contribution >= 4 is 17.4 Å². The molecular weight excluding hydrogens is 398 g/mol. The van der Waals surface area contributed by atoms with Gasteiger partial charge in [-0.25, -0.2) is 9.97 Å². The average molecular weight is 419 g/mol. The molecule has 158 valence electrons. The minimum Gasteiger partial charge on any atom is -0.497 e. The summed E-state index contributed by atoms with van der Waals surface area (Å²) in [4.78, 5) is 36.0. The van der Waals surface area contributed by atoms with Crippen LogP contribution in [-0.4, -0.2) is 59.0 Å². The lowest BCUT2D eigenvalue weighted by Crippen LogP contribution is -2.49. The predicted molar refractivity (Wildman–Crippen MR) is 115 cm³/mol. The Morgan fingerprint density at radius 2 is 1.74 bits per heavy atom. The molecule has 0 saturated carbocycles. The highest BCUT2D eigenvalue weighted by molar-refractivity contribution is 5.98. The van der Waals surface area contributed by atoms with Crippen LogP contribution in [0, 0.1) is 10.1 Å². The number of benzene rings is 2. The summed E-state index contributed by atoms with van der Waals surface area (Å²) in [5.41, 5.74) is 1.69. The number of ether oxygens (including phenoxy) is 1. The predicted octanol–water partition coefficient (Wildman–Crippen LogP) is 3.02. The zero-order valence-electron chi connectivity index (χ0n) is 17.0. The normalized spacial score (nSPS) is 13.7. The third-order valence-electron chi connectivity index (χ3n) is 5.26. The van der Waals surface area contributed by atoms with Gasteiger partial charge in [0, 0.05) is 43.9 Å². The van der Waals surface area contributed by atoms with Crippen LogP contribution in [0.15, 0.2) is 60.9 Å². The van der Waals surface area contributed by atoms with E-state index in [1.165, 1.54) is 18.5 Å². The highest BCUT2D eigenvalue weighted by atomic mass is 16.6. The van der Waals surface area contributed by atoms with Crippen LogP contribution in [0.1, 0.15) is 10.4 Å². The van der Waals surface area contributed by atoms with Crippen molar-refractivity contribution in [2.75, 3.05) is 38.2 Å². The van der Waals surface area contributed by atoms with E-state index in [0.29, 0.717) is 26.2 Å². The summed E-state index contributed by atoms with van der Waals surface area (Å²) in [6.07, 6.45) is 1.53. The van der Waals surface area contributed by atoms with Crippen molar-refractivity contribution in [2.45, 2.75) is 0 Å². The number of amides is 1. The van der Waals surface area contributed by atoms with Gasteiger partial charge in [0.1, 0.15) is 23.5 Å². The van der Waals surface area contributed by atoms with E-state index in [9.17, 15) is 14.9 Å². The minimum atomic E-state index is -0.523. The molecule has 0 N–H and O–H groups in total. The number of anilines is 1. The number of nitro groups is 1. The number of nitrogens with zero attached hydrogens (tertiary/aromatic N) is 5. The van der Waals surface area contributed by atoms with Gasteiger partial charge in [0.05, 0.1) is 17.7 Å². The molecule has 1 fully saturated rings. The monoisotopic (exact) mass is 419 g/mol. The maximum Gasteiger partial charge on any atom is 0.282 e. The number of carbonyl (C=O) groups excluding carboxylic acids is 1. The largest absolute Gasteiger partial charge is 0.497 e. The van der Waals surface area contributed by atoms with Crippen molar-refractivity contribution in [3.63, 3.8) is 0 Å². The van der Waals surface area contributed by atoms with Crippen molar-refractivity contribution < 1.29 is 14.5 Å². The highest BCUT2D eigenvalue weighted by Crippen LogP contribution is 2.25. The number of para-hydroxylation sites is 1. The first kappa shape index (κ1) is 20.3. The Morgan fingerprint density at radius 1 is 1.03 bits per heavy atom. The van der Waals surface area contributed by atoms with E-state index in [4.69, 9.17) is 4.74 Å². The number of rotatable bonds is 5. The molecule has 3 aromatic rings. The fraction of sp³-hybridized carbons (Fsp3) is 0.227. The van der Waals surface area contributed by atoms with Crippen molar-refractivity contribution in [3.05, 3.63) is 76.6 Å². The van der Waals surface area contributed by atoms with E-state index in [-0.39, 0.29) is 17.2 Å². The number of hydrogen-bond acceptors (Lipinski definition) is 7. The van der Waals surface area contributed by atoms with Gasteiger partial charge in [0.15, 0.2) is 0 Å². The molecule has 1 aliphatic rings. The van der Waals surface area contributed by atoms with Gasteiger partial charge >= 0.3 is 0 Å². The summed E-state index contributed by atoms with van der Waals surface area (Å²) in [5.74, 6) is 1.23. The molecule has 1 aliphatic heterocycles. The summed E-state index contributed by atoms with van der Waals surface area (Å²) in [5, 5.41) is 11.2. The standard InChI is InChI=1S/C22H21N5O4/c1-31-17-8-6-16(7-9-17)19-14-21(24-15-23-19)25-10-12-26(13-11-25)22(28)18-4-2-3-5-20(18)27(29)30/h2-9,14-15H,10-13H2,1H3. The van der Waals surface area contributed by atoms with E-state index in [2.05, 4.69) is 14.9 Å². The Morgan fingerprint density at radius 3 is 2.42 bits per heavy atom. The van der Waals surface area contributed by atoms with Crippen LogP contribution in [0.25, 0.3) is 11.3 Å². The van der Waals surface area contributed by atoms with Crippen LogP contribution >= 0.6 is 0 Å². The first-order chi connectivity index (χ1) is 15.1. The molecule has 0 unspecified atom stereocenters. The fourth-order valence-electron chi connectivity index (χ4n) is 3.56. The van der Waals surface area contributed by atoms with Crippen molar-refractivity contribution in [1.29, 1.82) is 0 Å². The molecule has 1 amide bonds. The molecule has 0 bridgehead atoms. The van der Waals surface area contributed by atoms with E-state index >= 15 is 0 Å². The number of piperazine rings is 1. The SMILES string of the molecule is COc1ccc(-c2cc(N3CCN(C(=O)c4ccccc4[N+](=O)[O-])CC3)ncn2)cc1. The van der Waals surface area contributed by atoms with Gasteiger partial charge in [-0.1, -0.05) is 12.1 Å². The third-order valence-corrected chi connectivity index (χ3v) is 5.26. The topological polar surface area (TPSA) is 102 Å². The van der Waals surface area contributed by atoms with Gasteiger partial charge in [0.25, 0.3) is 11.6 Å². The van der Waals surface area contributed by atoms with Gasteiger partial charge < -0.3 is 14.5 Å². The zero-order valence-corrected chi connectivity index (χ0v) is 17.0. The van der Waals surface area contributed by atoms with Gasteiger partial charge in [-0.15, -0.1) is 0 Å². The molecule has 4 rings (SSSR count). The second-order valence-corrected chi connectivity index (χ2v) is 7.04. The Hall–Kier alpha value is -4.01. The second-order valence-electron chi connectivity index (χ2n) is 7.04. The number of aromatic nitrogens is 2. The number of nitro benzene ring substituents is 1. The highest BCUT2D eigenvalue weighted by Gasteiger charge is 2.27. The van der Waals surface area contributed by atoms with Crippen LogP contribution in [0.4, 0.5) is 11.5 Å². The van der Waals surface area contributed by atoms with Gasteiger partial charge in [0.2, 0.25) is 0 Å². The molecule has 0 aliphatic carbocycles. The lowest BCUT2D eigenvalue weighted by Gasteiger charge is -2.35. The molecule has 1 aromatic heterocycles. The van der Waals surface area contributed by atoms with E-state index in [1.807, 2.05) is 30.3 Å². The molecule has 0 spiro atoms. The first-order valence-corrected chi connectivity index (χ1v) is 9.81. The van der Waals surface area contributed by atoms with Gasteiger partial charge in [-0.05, 0) is 30.3 Å². The molecule has 0 radical (unpaired) electrons. The Labute approximate surface area is 179 Å². The van der Waals surface area contributed by atoms with Crippen LogP contribution in [-0.2, 0) is 0 Å². The first-order valence-electron chi connectivity index (χ1n) is 9.81. The minimum absolute atomic E-state index is 0.116. The summed E-state index contributed by atoms with van der Waals surface area (Å²) in [7, 11) is 1.62. The fourth-order valence-corrected chi connectivity index (χ4v) is 3.56. The molecular formula is C22H21N5O4. The quantitative estimate of drug-likeness (QED) is 0.463. The van der Waals surface area contributed by atoms with Gasteiger partial charge in [-0.2, -0.15) is 0 Å². The maximum atomic E-state index is 12.8. The van der Waals surface area contributed by atoms with Crippen molar-refractivity contribution in [1.82, 2.24) is 14.9 Å². The van der Waals surface area contributed by atoms with Crippen molar-refractivity contribution in [2.24, 2.45) is 0 Å². The molecule has 9 heteroatoms. The number of carbonyl (C=O) groups is 1. The lowest BCUT2D eigenvalue weighted by molar-refractivity contribution is -0.385. The average Bonchev–Trinajstić information content (AvgIpc) is 2.84. The number of hydrogen-bond donors (Lipinski definition) is 0. The van der Waals surface area contributed by atoms with Crippen LogP contribution < -0.4 is 9.64 Å². The smallest absolute Gasteiger partial charge is 0.282 e. The Kier molecular flexibility index (Phi) is 5.74. The summed E-state index contributed by atoms with van der Waals surface area (Å²) >= 11 is 0. The Bertz CT molecular complexity index is 1100. The van der Waals surface area contributed by atoms with Crippen LogP contribution in [0.2, 0.25) is 0 Å². The van der Waals surface area contributed by atoms with E-state index < -0.39 is 4.92 Å².